The lowest BCUT2D eigenvalue weighted by atomic mass is 10.1. The number of amides is 2. The molecule has 0 bridgehead atoms. The summed E-state index contributed by atoms with van der Waals surface area (Å²) in [6, 6.07) is 12.0. The first-order valence-corrected chi connectivity index (χ1v) is 9.97. The molecule has 0 fully saturated rings. The molecule has 0 aliphatic rings. The van der Waals surface area contributed by atoms with Gasteiger partial charge >= 0.3 is 0 Å². The van der Waals surface area contributed by atoms with Gasteiger partial charge in [0.2, 0.25) is 0 Å². The number of nitrogens with one attached hydrogen (secondary N) is 3. The topological polar surface area (TPSA) is 79.5 Å². The number of hydrogen-bond donors (Lipinski definition) is 3. The standard InChI is InChI=1S/C20H22BrN3O3S/c1-4-22-19(26)14-7-5-6-8-16(14)23-20(28)24-18(25)13-9-10-17(15(21)11-13)27-12(2)3/h5-12H,4H2,1-3H3,(H,22,26)(H2,23,24,25,28). The average molecular weight is 464 g/mol. The van der Waals surface area contributed by atoms with Crippen molar-refractivity contribution in [3.05, 3.63) is 58.1 Å². The first-order valence-electron chi connectivity index (χ1n) is 8.77. The van der Waals surface area contributed by atoms with E-state index in [1.165, 1.54) is 0 Å². The van der Waals surface area contributed by atoms with Crippen LogP contribution in [0.25, 0.3) is 0 Å². The predicted molar refractivity (Wildman–Crippen MR) is 118 cm³/mol. The molecule has 0 spiro atoms. The number of ether oxygens (including phenoxy) is 1. The van der Waals surface area contributed by atoms with Gasteiger partial charge in [0.1, 0.15) is 5.75 Å². The maximum absolute atomic E-state index is 12.5. The number of halogens is 1. The lowest BCUT2D eigenvalue weighted by molar-refractivity contribution is 0.0954. The zero-order chi connectivity index (χ0) is 20.7. The number of thiocarbonyl (C=S) groups is 1. The second-order valence-electron chi connectivity index (χ2n) is 6.13. The van der Waals surface area contributed by atoms with Crippen LogP contribution in [0.1, 0.15) is 41.5 Å². The van der Waals surface area contributed by atoms with Crippen LogP contribution in [0.2, 0.25) is 0 Å². The highest BCUT2D eigenvalue weighted by molar-refractivity contribution is 9.10. The summed E-state index contributed by atoms with van der Waals surface area (Å²) in [6.07, 6.45) is 0.0257. The van der Waals surface area contributed by atoms with E-state index in [0.29, 0.717) is 33.6 Å². The quantitative estimate of drug-likeness (QED) is 0.561. The van der Waals surface area contributed by atoms with Gasteiger partial charge in [0.15, 0.2) is 5.11 Å². The van der Waals surface area contributed by atoms with Gasteiger partial charge in [-0.2, -0.15) is 0 Å². The molecule has 6 nitrogen and oxygen atoms in total. The molecule has 0 radical (unpaired) electrons. The first kappa shape index (κ1) is 21.8. The molecule has 0 saturated carbocycles. The minimum Gasteiger partial charge on any atom is -0.490 e. The molecule has 0 atom stereocenters. The third kappa shape index (κ3) is 6.03. The number of anilines is 1. The molecular formula is C20H22BrN3O3S. The Labute approximate surface area is 178 Å². The highest BCUT2D eigenvalue weighted by Gasteiger charge is 2.14. The van der Waals surface area contributed by atoms with E-state index >= 15 is 0 Å². The monoisotopic (exact) mass is 463 g/mol. The van der Waals surface area contributed by atoms with Crippen LogP contribution in [0.5, 0.6) is 5.75 Å². The van der Waals surface area contributed by atoms with Crippen molar-refractivity contribution in [2.24, 2.45) is 0 Å². The lowest BCUT2D eigenvalue weighted by Gasteiger charge is -2.14. The molecule has 148 valence electrons. The Morgan fingerprint density at radius 2 is 1.86 bits per heavy atom. The van der Waals surface area contributed by atoms with Crippen molar-refractivity contribution >= 4 is 50.8 Å². The Balaban J connectivity index is 2.07. The molecule has 0 heterocycles. The van der Waals surface area contributed by atoms with Crippen LogP contribution in [0.15, 0.2) is 46.9 Å². The fourth-order valence-corrected chi connectivity index (χ4v) is 3.04. The van der Waals surface area contributed by atoms with Crippen LogP contribution in [-0.2, 0) is 0 Å². The second-order valence-corrected chi connectivity index (χ2v) is 7.39. The highest BCUT2D eigenvalue weighted by Crippen LogP contribution is 2.27. The summed E-state index contributed by atoms with van der Waals surface area (Å²) < 4.78 is 6.32. The largest absolute Gasteiger partial charge is 0.490 e. The molecule has 0 saturated heterocycles. The van der Waals surface area contributed by atoms with Gasteiger partial charge in [-0.25, -0.2) is 0 Å². The molecule has 2 aromatic rings. The Kier molecular flexibility index (Phi) is 7.95. The summed E-state index contributed by atoms with van der Waals surface area (Å²) in [7, 11) is 0. The van der Waals surface area contributed by atoms with Gasteiger partial charge in [-0.1, -0.05) is 12.1 Å². The fourth-order valence-electron chi connectivity index (χ4n) is 2.37. The van der Waals surface area contributed by atoms with Crippen LogP contribution in [0.4, 0.5) is 5.69 Å². The fraction of sp³-hybridized carbons (Fsp3) is 0.250. The molecule has 2 rings (SSSR count). The first-order chi connectivity index (χ1) is 13.3. The van der Waals surface area contributed by atoms with Crippen molar-refractivity contribution in [1.82, 2.24) is 10.6 Å². The summed E-state index contributed by atoms with van der Waals surface area (Å²) in [5, 5.41) is 8.36. The van der Waals surface area contributed by atoms with Crippen molar-refractivity contribution in [1.29, 1.82) is 0 Å². The number of para-hydroxylation sites is 1. The van der Waals surface area contributed by atoms with E-state index in [9.17, 15) is 9.59 Å². The Hall–Kier alpha value is -2.45. The minimum absolute atomic E-state index is 0.0257. The van der Waals surface area contributed by atoms with Gasteiger partial charge < -0.3 is 15.4 Å². The summed E-state index contributed by atoms with van der Waals surface area (Å²) in [4.78, 5) is 24.6. The third-order valence-corrected chi connectivity index (χ3v) is 4.36. The van der Waals surface area contributed by atoms with E-state index in [0.717, 1.165) is 0 Å². The zero-order valence-corrected chi connectivity index (χ0v) is 18.2. The van der Waals surface area contributed by atoms with Gasteiger partial charge in [0.05, 0.1) is 21.8 Å². The molecule has 2 aromatic carbocycles. The number of carbonyl (C=O) groups is 2. The summed E-state index contributed by atoms with van der Waals surface area (Å²) in [5.74, 6) is 0.0669. The number of rotatable bonds is 6. The molecule has 2 amide bonds. The molecule has 8 heteroatoms. The lowest BCUT2D eigenvalue weighted by Crippen LogP contribution is -2.35. The van der Waals surface area contributed by atoms with Crippen molar-refractivity contribution in [2.45, 2.75) is 26.9 Å². The number of hydrogen-bond acceptors (Lipinski definition) is 4. The number of carbonyl (C=O) groups excluding carboxylic acids is 2. The van der Waals surface area contributed by atoms with Crippen LogP contribution < -0.4 is 20.7 Å². The predicted octanol–water partition coefficient (Wildman–Crippen LogP) is 4.11. The van der Waals surface area contributed by atoms with Gasteiger partial charge in [-0.05, 0) is 79.3 Å². The van der Waals surface area contributed by atoms with Crippen LogP contribution in [0.3, 0.4) is 0 Å². The van der Waals surface area contributed by atoms with Crippen molar-refractivity contribution in [3.63, 3.8) is 0 Å². The number of benzene rings is 2. The third-order valence-electron chi connectivity index (χ3n) is 3.54. The van der Waals surface area contributed by atoms with Gasteiger partial charge in [0.25, 0.3) is 11.8 Å². The van der Waals surface area contributed by atoms with E-state index in [-0.39, 0.29) is 23.0 Å². The Bertz CT molecular complexity index is 887. The van der Waals surface area contributed by atoms with Crippen LogP contribution >= 0.6 is 28.1 Å². The highest BCUT2D eigenvalue weighted by atomic mass is 79.9. The molecule has 0 aliphatic heterocycles. The summed E-state index contributed by atoms with van der Waals surface area (Å²) in [6.45, 7) is 6.21. The molecule has 0 aromatic heterocycles. The maximum atomic E-state index is 12.5. The van der Waals surface area contributed by atoms with Gasteiger partial charge in [-0.3, -0.25) is 14.9 Å². The second kappa shape index (κ2) is 10.2. The van der Waals surface area contributed by atoms with Crippen molar-refractivity contribution < 1.29 is 14.3 Å². The normalized spacial score (nSPS) is 10.3. The molecule has 0 aliphatic carbocycles. The molecule has 28 heavy (non-hydrogen) atoms. The smallest absolute Gasteiger partial charge is 0.257 e. The Morgan fingerprint density at radius 1 is 1.14 bits per heavy atom. The molecular weight excluding hydrogens is 442 g/mol. The van der Waals surface area contributed by atoms with E-state index in [1.807, 2.05) is 20.8 Å². The maximum Gasteiger partial charge on any atom is 0.257 e. The summed E-state index contributed by atoms with van der Waals surface area (Å²) in [5.41, 5.74) is 1.38. The van der Waals surface area contributed by atoms with E-state index < -0.39 is 0 Å². The van der Waals surface area contributed by atoms with E-state index in [4.69, 9.17) is 17.0 Å². The average Bonchev–Trinajstić information content (AvgIpc) is 2.63. The van der Waals surface area contributed by atoms with Crippen LogP contribution in [0, 0.1) is 0 Å². The SMILES string of the molecule is CCNC(=O)c1ccccc1NC(=S)NC(=O)c1ccc(OC(C)C)c(Br)c1. The Morgan fingerprint density at radius 3 is 2.50 bits per heavy atom. The van der Waals surface area contributed by atoms with Crippen molar-refractivity contribution in [3.8, 4) is 5.75 Å². The van der Waals surface area contributed by atoms with Crippen molar-refractivity contribution in [2.75, 3.05) is 11.9 Å². The zero-order valence-electron chi connectivity index (χ0n) is 15.8. The van der Waals surface area contributed by atoms with Crippen LogP contribution in [-0.4, -0.2) is 29.6 Å². The van der Waals surface area contributed by atoms with E-state index in [1.54, 1.807) is 42.5 Å². The van der Waals surface area contributed by atoms with Gasteiger partial charge in [-0.15, -0.1) is 0 Å². The summed E-state index contributed by atoms with van der Waals surface area (Å²) >= 11 is 8.63. The molecule has 3 N–H and O–H groups in total. The van der Waals surface area contributed by atoms with Gasteiger partial charge in [0, 0.05) is 12.1 Å². The van der Waals surface area contributed by atoms with E-state index in [2.05, 4.69) is 31.9 Å². The molecule has 0 unspecified atom stereocenters. The minimum atomic E-state index is -0.371.